The Bertz CT molecular complexity index is 204. The zero-order valence-electron chi connectivity index (χ0n) is 4.90. The van der Waals surface area contributed by atoms with Crippen LogP contribution < -0.4 is 4.74 Å². The quantitative estimate of drug-likeness (QED) is 0.588. The van der Waals surface area contributed by atoms with E-state index in [4.69, 9.17) is 4.74 Å². The lowest BCUT2D eigenvalue weighted by Gasteiger charge is -1.94. The molecular weight excluding hydrogens is 136 g/mol. The Balaban J connectivity index is 2.94. The summed E-state index contributed by atoms with van der Waals surface area (Å²) in [6.07, 6.45) is 1.55. The highest BCUT2D eigenvalue weighted by Gasteiger charge is 1.90. The Morgan fingerprint density at radius 3 is 2.89 bits per heavy atom. The second-order valence-corrected chi connectivity index (χ2v) is 1.97. The molecule has 0 saturated carbocycles. The first-order valence-electron chi connectivity index (χ1n) is 2.38. The number of aromatic nitrogens is 2. The first-order chi connectivity index (χ1) is 4.33. The molecule has 9 heavy (non-hydrogen) atoms. The van der Waals surface area contributed by atoms with Crippen LogP contribution in [-0.2, 0) is 0 Å². The van der Waals surface area contributed by atoms with Crippen molar-refractivity contribution in [1.82, 2.24) is 10.2 Å². The van der Waals surface area contributed by atoms with Gasteiger partial charge in [0, 0.05) is 11.0 Å². The van der Waals surface area contributed by atoms with Gasteiger partial charge in [-0.3, -0.25) is 0 Å². The summed E-state index contributed by atoms with van der Waals surface area (Å²) in [7, 11) is 1.54. The monoisotopic (exact) mass is 142 g/mol. The van der Waals surface area contributed by atoms with Crippen LogP contribution in [0.3, 0.4) is 0 Å². The third-order valence-electron chi connectivity index (χ3n) is 0.827. The van der Waals surface area contributed by atoms with Crippen molar-refractivity contribution in [1.29, 1.82) is 0 Å². The van der Waals surface area contributed by atoms with E-state index in [0.717, 1.165) is 4.90 Å². The van der Waals surface area contributed by atoms with Gasteiger partial charge in [-0.25, -0.2) is 0 Å². The van der Waals surface area contributed by atoms with E-state index < -0.39 is 0 Å². The molecular formula is C5H6N2OS. The molecule has 0 spiro atoms. The van der Waals surface area contributed by atoms with Crippen molar-refractivity contribution in [3.8, 4) is 5.88 Å². The third kappa shape index (κ3) is 1.57. The van der Waals surface area contributed by atoms with Crippen molar-refractivity contribution >= 4 is 12.6 Å². The van der Waals surface area contributed by atoms with Crippen LogP contribution in [0.15, 0.2) is 17.2 Å². The minimum absolute atomic E-state index is 0.488. The SMILES string of the molecule is COc1cc(S)cnn1. The van der Waals surface area contributed by atoms with E-state index in [2.05, 4.69) is 22.8 Å². The van der Waals surface area contributed by atoms with Gasteiger partial charge in [0.1, 0.15) is 0 Å². The normalized spacial score (nSPS) is 9.11. The van der Waals surface area contributed by atoms with Crippen LogP contribution >= 0.6 is 12.6 Å². The molecule has 0 fully saturated rings. The lowest BCUT2D eigenvalue weighted by atomic mass is 10.6. The Morgan fingerprint density at radius 2 is 2.44 bits per heavy atom. The molecule has 0 aliphatic carbocycles. The van der Waals surface area contributed by atoms with Gasteiger partial charge in [0.05, 0.1) is 13.3 Å². The number of methoxy groups -OCH3 is 1. The van der Waals surface area contributed by atoms with E-state index in [-0.39, 0.29) is 0 Å². The van der Waals surface area contributed by atoms with E-state index in [0.29, 0.717) is 5.88 Å². The molecule has 0 atom stereocenters. The lowest BCUT2D eigenvalue weighted by Crippen LogP contribution is -1.88. The van der Waals surface area contributed by atoms with E-state index in [1.165, 1.54) is 7.11 Å². The van der Waals surface area contributed by atoms with Crippen LogP contribution in [0.4, 0.5) is 0 Å². The minimum Gasteiger partial charge on any atom is -0.480 e. The summed E-state index contributed by atoms with van der Waals surface area (Å²) in [5, 5.41) is 7.24. The van der Waals surface area contributed by atoms with E-state index in [9.17, 15) is 0 Å². The number of thiol groups is 1. The highest BCUT2D eigenvalue weighted by molar-refractivity contribution is 7.80. The van der Waals surface area contributed by atoms with Gasteiger partial charge in [0.2, 0.25) is 5.88 Å². The number of hydrogen-bond acceptors (Lipinski definition) is 4. The van der Waals surface area contributed by atoms with Crippen molar-refractivity contribution in [2.45, 2.75) is 4.90 Å². The van der Waals surface area contributed by atoms with Crippen LogP contribution in [-0.4, -0.2) is 17.3 Å². The molecule has 0 saturated heterocycles. The fourth-order valence-electron chi connectivity index (χ4n) is 0.437. The van der Waals surface area contributed by atoms with Crippen LogP contribution in [0.1, 0.15) is 0 Å². The van der Waals surface area contributed by atoms with Gasteiger partial charge in [-0.15, -0.1) is 17.7 Å². The van der Waals surface area contributed by atoms with Crippen LogP contribution in [0.25, 0.3) is 0 Å². The summed E-state index contributed by atoms with van der Waals surface area (Å²) >= 11 is 4.03. The van der Waals surface area contributed by atoms with Crippen LogP contribution in [0.2, 0.25) is 0 Å². The molecule has 1 heterocycles. The summed E-state index contributed by atoms with van der Waals surface area (Å²) < 4.78 is 4.77. The molecule has 0 aromatic carbocycles. The fraction of sp³-hybridized carbons (Fsp3) is 0.200. The second kappa shape index (κ2) is 2.68. The number of hydrogen-bond donors (Lipinski definition) is 1. The van der Waals surface area contributed by atoms with Crippen LogP contribution in [0.5, 0.6) is 5.88 Å². The van der Waals surface area contributed by atoms with Gasteiger partial charge in [-0.05, 0) is 0 Å². The standard InChI is InChI=1S/C5H6N2OS/c1-8-5-2-4(9)3-6-7-5/h2-3H,1H3,(H,7,9). The van der Waals surface area contributed by atoms with Gasteiger partial charge in [0.15, 0.2) is 0 Å². The molecule has 0 radical (unpaired) electrons. The van der Waals surface area contributed by atoms with Gasteiger partial charge >= 0.3 is 0 Å². The van der Waals surface area contributed by atoms with Gasteiger partial charge in [-0.2, -0.15) is 5.10 Å². The molecule has 1 aromatic heterocycles. The topological polar surface area (TPSA) is 35.0 Å². The lowest BCUT2D eigenvalue weighted by molar-refractivity contribution is 0.390. The van der Waals surface area contributed by atoms with E-state index in [1.807, 2.05) is 0 Å². The van der Waals surface area contributed by atoms with Crippen molar-refractivity contribution in [2.24, 2.45) is 0 Å². The Hall–Kier alpha value is -0.770. The highest BCUT2D eigenvalue weighted by Crippen LogP contribution is 2.08. The summed E-state index contributed by atoms with van der Waals surface area (Å²) in [5.41, 5.74) is 0. The Labute approximate surface area is 58.5 Å². The molecule has 1 aromatic rings. The maximum absolute atomic E-state index is 4.77. The molecule has 4 heteroatoms. The molecule has 0 amide bonds. The first kappa shape index (κ1) is 6.35. The molecule has 0 aliphatic rings. The Morgan fingerprint density at radius 1 is 1.67 bits per heavy atom. The maximum atomic E-state index is 4.77. The number of nitrogens with zero attached hydrogens (tertiary/aromatic N) is 2. The van der Waals surface area contributed by atoms with E-state index in [1.54, 1.807) is 12.3 Å². The Kier molecular flexibility index (Phi) is 1.89. The van der Waals surface area contributed by atoms with Crippen molar-refractivity contribution in [3.05, 3.63) is 12.3 Å². The summed E-state index contributed by atoms with van der Waals surface area (Å²) in [4.78, 5) is 0.752. The summed E-state index contributed by atoms with van der Waals surface area (Å²) in [6.45, 7) is 0. The predicted molar refractivity (Wildman–Crippen MR) is 35.8 cm³/mol. The van der Waals surface area contributed by atoms with Gasteiger partial charge in [0.25, 0.3) is 0 Å². The third-order valence-corrected chi connectivity index (χ3v) is 1.07. The molecule has 48 valence electrons. The zero-order valence-corrected chi connectivity index (χ0v) is 5.80. The molecule has 0 N–H and O–H groups in total. The highest BCUT2D eigenvalue weighted by atomic mass is 32.1. The number of rotatable bonds is 1. The molecule has 0 unspecified atom stereocenters. The fourth-order valence-corrected chi connectivity index (χ4v) is 0.599. The molecule has 1 rings (SSSR count). The number of ether oxygens (including phenoxy) is 1. The van der Waals surface area contributed by atoms with Crippen molar-refractivity contribution in [2.75, 3.05) is 7.11 Å². The van der Waals surface area contributed by atoms with E-state index >= 15 is 0 Å². The largest absolute Gasteiger partial charge is 0.480 e. The smallest absolute Gasteiger partial charge is 0.234 e. The molecule has 0 aliphatic heterocycles. The minimum atomic E-state index is 0.488. The average Bonchev–Trinajstić information content (AvgIpc) is 1.88. The summed E-state index contributed by atoms with van der Waals surface area (Å²) in [5.74, 6) is 0.488. The average molecular weight is 142 g/mol. The second-order valence-electron chi connectivity index (χ2n) is 1.46. The predicted octanol–water partition coefficient (Wildman–Crippen LogP) is 0.774. The summed E-state index contributed by atoms with van der Waals surface area (Å²) in [6, 6.07) is 1.69. The molecule has 0 bridgehead atoms. The van der Waals surface area contributed by atoms with Crippen LogP contribution in [0, 0.1) is 0 Å². The zero-order chi connectivity index (χ0) is 6.69. The van der Waals surface area contributed by atoms with Gasteiger partial charge in [-0.1, -0.05) is 0 Å². The van der Waals surface area contributed by atoms with Crippen molar-refractivity contribution in [3.63, 3.8) is 0 Å². The van der Waals surface area contributed by atoms with Crippen molar-refractivity contribution < 1.29 is 4.74 Å². The first-order valence-corrected chi connectivity index (χ1v) is 2.83. The molecule has 3 nitrogen and oxygen atoms in total. The maximum Gasteiger partial charge on any atom is 0.234 e. The van der Waals surface area contributed by atoms with Gasteiger partial charge < -0.3 is 4.74 Å².